The zero-order chi connectivity index (χ0) is 18.3. The summed E-state index contributed by atoms with van der Waals surface area (Å²) in [5.41, 5.74) is 6.38. The van der Waals surface area contributed by atoms with Crippen LogP contribution in [-0.4, -0.2) is 24.9 Å². The van der Waals surface area contributed by atoms with E-state index in [1.165, 1.54) is 40.9 Å². The summed E-state index contributed by atoms with van der Waals surface area (Å²) < 4.78 is 26.7. The quantitative estimate of drug-likeness (QED) is 0.693. The van der Waals surface area contributed by atoms with Gasteiger partial charge in [0.25, 0.3) is 0 Å². The number of nitrogens with zero attached hydrogens (tertiary/aromatic N) is 1. The van der Waals surface area contributed by atoms with Crippen LogP contribution in [0.5, 0.6) is 5.75 Å². The van der Waals surface area contributed by atoms with Gasteiger partial charge in [-0.25, -0.2) is 4.39 Å². The van der Waals surface area contributed by atoms with E-state index in [1.54, 1.807) is 13.2 Å². The molecule has 136 valence electrons. The molecule has 0 bridgehead atoms. The van der Waals surface area contributed by atoms with Crippen molar-refractivity contribution in [2.75, 3.05) is 14.2 Å². The molecule has 2 aromatic carbocycles. The Morgan fingerprint density at radius 1 is 1.12 bits per heavy atom. The number of hydrogen-bond acceptors (Lipinski definition) is 2. The first-order chi connectivity index (χ1) is 12.6. The number of aromatic nitrogens is 1. The van der Waals surface area contributed by atoms with Crippen molar-refractivity contribution in [1.29, 1.82) is 0 Å². The van der Waals surface area contributed by atoms with Gasteiger partial charge in [-0.2, -0.15) is 0 Å². The highest BCUT2D eigenvalue weighted by molar-refractivity contribution is 5.86. The lowest BCUT2D eigenvalue weighted by molar-refractivity contribution is 0.0908. The fraction of sp³-hybridized carbons (Fsp3) is 0.364. The molecule has 0 radical (unpaired) electrons. The van der Waals surface area contributed by atoms with Crippen molar-refractivity contribution in [1.82, 2.24) is 4.57 Å². The summed E-state index contributed by atoms with van der Waals surface area (Å²) in [6, 6.07) is 11.7. The van der Waals surface area contributed by atoms with Crippen LogP contribution in [0, 0.1) is 5.82 Å². The predicted molar refractivity (Wildman–Crippen MR) is 101 cm³/mol. The maximum absolute atomic E-state index is 13.6. The highest BCUT2D eigenvalue weighted by Gasteiger charge is 2.24. The molecule has 3 aromatic rings. The summed E-state index contributed by atoms with van der Waals surface area (Å²) >= 11 is 0. The fourth-order valence-corrected chi connectivity index (χ4v) is 4.16. The van der Waals surface area contributed by atoms with Gasteiger partial charge in [0.2, 0.25) is 0 Å². The second-order valence-electron chi connectivity index (χ2n) is 7.08. The van der Waals surface area contributed by atoms with E-state index >= 15 is 0 Å². The summed E-state index contributed by atoms with van der Waals surface area (Å²) in [4.78, 5) is 0. The van der Waals surface area contributed by atoms with E-state index in [4.69, 9.17) is 9.47 Å². The maximum atomic E-state index is 13.6. The standard InChI is InChI=1S/C22H24FNO2/c1-24-20-8-5-14(10-15-4-7-19(23)22(12-15)26-3)11-17(20)18-13-16(25-2)6-9-21(18)24/h4-5,7-8,11-12,16H,6,9-10,13H2,1-3H3. The third kappa shape index (κ3) is 2.88. The van der Waals surface area contributed by atoms with Gasteiger partial charge in [0.1, 0.15) is 0 Å². The first-order valence-corrected chi connectivity index (χ1v) is 9.05. The number of aryl methyl sites for hydroxylation is 1. The van der Waals surface area contributed by atoms with Crippen molar-refractivity contribution in [3.63, 3.8) is 0 Å². The van der Waals surface area contributed by atoms with Crippen molar-refractivity contribution in [3.8, 4) is 5.75 Å². The Morgan fingerprint density at radius 2 is 1.88 bits per heavy atom. The summed E-state index contributed by atoms with van der Waals surface area (Å²) in [6.45, 7) is 0. The zero-order valence-electron chi connectivity index (χ0n) is 15.5. The van der Waals surface area contributed by atoms with Gasteiger partial charge in [0.05, 0.1) is 13.2 Å². The third-order valence-electron chi connectivity index (χ3n) is 5.59. The second kappa shape index (κ2) is 6.76. The second-order valence-corrected chi connectivity index (χ2v) is 7.08. The topological polar surface area (TPSA) is 23.4 Å². The Balaban J connectivity index is 1.71. The molecule has 0 aliphatic heterocycles. The van der Waals surface area contributed by atoms with Crippen LogP contribution in [0.3, 0.4) is 0 Å². The number of ether oxygens (including phenoxy) is 2. The fourth-order valence-electron chi connectivity index (χ4n) is 4.16. The van der Waals surface area contributed by atoms with Crippen molar-refractivity contribution in [3.05, 3.63) is 64.6 Å². The van der Waals surface area contributed by atoms with Crippen molar-refractivity contribution >= 4 is 10.9 Å². The van der Waals surface area contributed by atoms with E-state index in [-0.39, 0.29) is 5.82 Å². The normalized spacial score (nSPS) is 16.7. The van der Waals surface area contributed by atoms with Gasteiger partial charge in [0, 0.05) is 37.2 Å². The Bertz CT molecular complexity index is 960. The van der Waals surface area contributed by atoms with E-state index in [0.29, 0.717) is 11.9 Å². The van der Waals surface area contributed by atoms with Crippen LogP contribution in [-0.2, 0) is 31.0 Å². The largest absolute Gasteiger partial charge is 0.494 e. The van der Waals surface area contributed by atoms with E-state index in [9.17, 15) is 4.39 Å². The van der Waals surface area contributed by atoms with E-state index in [0.717, 1.165) is 31.2 Å². The molecule has 0 spiro atoms. The molecule has 4 heteroatoms. The minimum Gasteiger partial charge on any atom is -0.494 e. The molecule has 1 atom stereocenters. The molecule has 1 aromatic heterocycles. The Labute approximate surface area is 153 Å². The average Bonchev–Trinajstić information content (AvgIpc) is 2.94. The number of fused-ring (bicyclic) bond motifs is 3. The molecule has 1 aliphatic rings. The molecule has 1 aliphatic carbocycles. The van der Waals surface area contributed by atoms with Crippen LogP contribution in [0.15, 0.2) is 36.4 Å². The van der Waals surface area contributed by atoms with Crippen LogP contribution >= 0.6 is 0 Å². The maximum Gasteiger partial charge on any atom is 0.165 e. The molecule has 1 heterocycles. The number of benzene rings is 2. The molecule has 3 nitrogen and oxygen atoms in total. The molecule has 0 fully saturated rings. The average molecular weight is 353 g/mol. The lowest BCUT2D eigenvalue weighted by Crippen LogP contribution is -2.21. The molecular formula is C22H24FNO2. The van der Waals surface area contributed by atoms with Gasteiger partial charge in [-0.15, -0.1) is 0 Å². The molecule has 1 unspecified atom stereocenters. The van der Waals surface area contributed by atoms with Crippen LogP contribution < -0.4 is 4.74 Å². The molecule has 26 heavy (non-hydrogen) atoms. The minimum absolute atomic E-state index is 0.295. The third-order valence-corrected chi connectivity index (χ3v) is 5.59. The van der Waals surface area contributed by atoms with Crippen molar-refractivity contribution in [2.45, 2.75) is 31.8 Å². The van der Waals surface area contributed by atoms with Gasteiger partial charge < -0.3 is 14.0 Å². The Morgan fingerprint density at radius 3 is 2.65 bits per heavy atom. The minimum atomic E-state index is -0.325. The van der Waals surface area contributed by atoms with Gasteiger partial charge in [-0.05, 0) is 60.2 Å². The monoisotopic (exact) mass is 353 g/mol. The number of hydrogen-bond donors (Lipinski definition) is 0. The van der Waals surface area contributed by atoms with E-state index < -0.39 is 0 Å². The number of halogens is 1. The number of methoxy groups -OCH3 is 2. The first-order valence-electron chi connectivity index (χ1n) is 9.05. The van der Waals surface area contributed by atoms with Crippen molar-refractivity contribution in [2.24, 2.45) is 7.05 Å². The lowest BCUT2D eigenvalue weighted by atomic mass is 9.92. The Hall–Kier alpha value is -2.33. The molecule has 0 saturated carbocycles. The van der Waals surface area contributed by atoms with Crippen LogP contribution in [0.2, 0.25) is 0 Å². The first kappa shape index (κ1) is 17.1. The van der Waals surface area contributed by atoms with Crippen LogP contribution in [0.1, 0.15) is 28.8 Å². The van der Waals surface area contributed by atoms with Crippen LogP contribution in [0.4, 0.5) is 4.39 Å². The summed E-state index contributed by atoms with van der Waals surface area (Å²) in [5, 5.41) is 1.32. The lowest BCUT2D eigenvalue weighted by Gasteiger charge is -2.22. The van der Waals surface area contributed by atoms with Crippen LogP contribution in [0.25, 0.3) is 10.9 Å². The molecule has 0 amide bonds. The number of rotatable bonds is 4. The zero-order valence-corrected chi connectivity index (χ0v) is 15.5. The predicted octanol–water partition coefficient (Wildman–Crippen LogP) is 4.42. The summed E-state index contributed by atoms with van der Waals surface area (Å²) in [5.74, 6) is -0.0296. The highest BCUT2D eigenvalue weighted by Crippen LogP contribution is 2.33. The van der Waals surface area contributed by atoms with Gasteiger partial charge in [-0.1, -0.05) is 12.1 Å². The molecule has 4 rings (SSSR count). The van der Waals surface area contributed by atoms with Crippen molar-refractivity contribution < 1.29 is 13.9 Å². The molecular weight excluding hydrogens is 329 g/mol. The highest BCUT2D eigenvalue weighted by atomic mass is 19.1. The Kier molecular flexibility index (Phi) is 4.45. The van der Waals surface area contributed by atoms with E-state index in [2.05, 4.69) is 29.8 Å². The molecule has 0 N–H and O–H groups in total. The van der Waals surface area contributed by atoms with Gasteiger partial charge in [-0.3, -0.25) is 0 Å². The van der Waals surface area contributed by atoms with Gasteiger partial charge in [0.15, 0.2) is 11.6 Å². The van der Waals surface area contributed by atoms with Gasteiger partial charge >= 0.3 is 0 Å². The summed E-state index contributed by atoms with van der Waals surface area (Å²) in [7, 11) is 5.45. The van der Waals surface area contributed by atoms with E-state index in [1.807, 2.05) is 6.07 Å². The SMILES string of the molecule is COc1cc(Cc2ccc3c(c2)c2c(n3C)CCC(OC)C2)ccc1F. The molecule has 0 saturated heterocycles. The smallest absolute Gasteiger partial charge is 0.165 e. The summed E-state index contributed by atoms with van der Waals surface area (Å²) in [6.07, 6.45) is 4.17.